The first-order valence-electron chi connectivity index (χ1n) is 12.6. The number of likely N-dealkylation sites (tertiary alicyclic amines) is 1. The zero-order chi connectivity index (χ0) is 26.9. The van der Waals surface area contributed by atoms with E-state index in [-0.39, 0.29) is 23.7 Å². The number of ether oxygens (including phenoxy) is 1. The molecule has 3 aromatic rings. The van der Waals surface area contributed by atoms with Crippen LogP contribution in [0, 0.1) is 5.92 Å². The Kier molecular flexibility index (Phi) is 7.10. The molecule has 5 rings (SSSR count). The van der Waals surface area contributed by atoms with E-state index in [2.05, 4.69) is 10.3 Å². The number of nitrogens with one attached hydrogen (secondary N) is 1. The number of alkyl halides is 3. The summed E-state index contributed by atoms with van der Waals surface area (Å²) >= 11 is 0. The predicted molar refractivity (Wildman–Crippen MR) is 136 cm³/mol. The van der Waals surface area contributed by atoms with E-state index in [0.29, 0.717) is 25.9 Å². The van der Waals surface area contributed by atoms with Gasteiger partial charge in [0.15, 0.2) is 0 Å². The Morgan fingerprint density at radius 2 is 1.63 bits per heavy atom. The molecule has 9 heteroatoms. The Morgan fingerprint density at radius 1 is 0.974 bits per heavy atom. The van der Waals surface area contributed by atoms with Gasteiger partial charge in [0.1, 0.15) is 11.4 Å². The number of carbonyl (C=O) groups is 2. The molecule has 2 atom stereocenters. The molecule has 0 bridgehead atoms. The van der Waals surface area contributed by atoms with Gasteiger partial charge in [-0.1, -0.05) is 24.3 Å². The first-order valence-corrected chi connectivity index (χ1v) is 12.6. The van der Waals surface area contributed by atoms with E-state index in [4.69, 9.17) is 4.74 Å². The third-order valence-electron chi connectivity index (χ3n) is 7.42. The van der Waals surface area contributed by atoms with Gasteiger partial charge in [0, 0.05) is 30.9 Å². The molecule has 0 radical (unpaired) electrons. The average molecular weight is 524 g/mol. The molecular weight excluding hydrogens is 495 g/mol. The molecule has 1 saturated carbocycles. The molecule has 2 amide bonds. The van der Waals surface area contributed by atoms with E-state index in [0.717, 1.165) is 35.1 Å². The normalized spacial score (nSPS) is 19.6. The maximum atomic E-state index is 13.3. The van der Waals surface area contributed by atoms with E-state index < -0.39 is 23.3 Å². The van der Waals surface area contributed by atoms with Gasteiger partial charge in [-0.15, -0.1) is 0 Å². The number of hydrogen-bond acceptors (Lipinski definition) is 4. The minimum atomic E-state index is -4.63. The highest BCUT2D eigenvalue weighted by atomic mass is 19.4. The first kappa shape index (κ1) is 25.8. The predicted octanol–water partition coefficient (Wildman–Crippen LogP) is 5.87. The van der Waals surface area contributed by atoms with Crippen LogP contribution in [-0.4, -0.2) is 41.9 Å². The fourth-order valence-electron chi connectivity index (χ4n) is 5.15. The summed E-state index contributed by atoms with van der Waals surface area (Å²) in [5.41, 5.74) is 1.37. The second-order valence-corrected chi connectivity index (χ2v) is 9.80. The summed E-state index contributed by atoms with van der Waals surface area (Å²) in [5.74, 6) is 0.433. The molecule has 1 saturated heterocycles. The van der Waals surface area contributed by atoms with Gasteiger partial charge in [-0.3, -0.25) is 14.6 Å². The Hall–Kier alpha value is -3.88. The van der Waals surface area contributed by atoms with Crippen LogP contribution in [0.1, 0.15) is 58.3 Å². The van der Waals surface area contributed by atoms with Crippen molar-refractivity contribution in [2.45, 2.75) is 37.3 Å². The average Bonchev–Trinajstić information content (AvgIpc) is 3.74. The van der Waals surface area contributed by atoms with Crippen molar-refractivity contribution >= 4 is 17.5 Å². The molecular formula is C29H28F3N3O3. The van der Waals surface area contributed by atoms with Crippen molar-refractivity contribution in [3.63, 3.8) is 0 Å². The molecule has 0 spiro atoms. The summed E-state index contributed by atoms with van der Waals surface area (Å²) in [5, 5.41) is 3.00. The Bertz CT molecular complexity index is 1300. The summed E-state index contributed by atoms with van der Waals surface area (Å²) in [6, 6.07) is 17.5. The molecule has 1 aliphatic heterocycles. The van der Waals surface area contributed by atoms with Gasteiger partial charge in [-0.25, -0.2) is 0 Å². The molecule has 2 aliphatic rings. The third kappa shape index (κ3) is 5.51. The van der Waals surface area contributed by atoms with E-state index in [1.807, 2.05) is 48.5 Å². The van der Waals surface area contributed by atoms with Gasteiger partial charge in [-0.2, -0.15) is 13.2 Å². The number of hydrogen-bond donors (Lipinski definition) is 1. The minimum Gasteiger partial charge on any atom is -0.497 e. The Morgan fingerprint density at radius 3 is 2.26 bits per heavy atom. The van der Waals surface area contributed by atoms with Crippen LogP contribution in [0.4, 0.5) is 18.9 Å². The monoisotopic (exact) mass is 523 g/mol. The molecule has 1 aliphatic carbocycles. The van der Waals surface area contributed by atoms with Crippen molar-refractivity contribution in [2.24, 2.45) is 5.92 Å². The van der Waals surface area contributed by atoms with Crippen LogP contribution in [0.25, 0.3) is 0 Å². The zero-order valence-corrected chi connectivity index (χ0v) is 20.9. The Labute approximate surface area is 218 Å². The topological polar surface area (TPSA) is 71.5 Å². The van der Waals surface area contributed by atoms with E-state index in [9.17, 15) is 22.8 Å². The van der Waals surface area contributed by atoms with Gasteiger partial charge >= 0.3 is 6.18 Å². The number of piperidine rings is 1. The molecule has 198 valence electrons. The van der Waals surface area contributed by atoms with Crippen LogP contribution in [0.2, 0.25) is 0 Å². The highest BCUT2D eigenvalue weighted by Gasteiger charge is 2.44. The van der Waals surface area contributed by atoms with Crippen molar-refractivity contribution in [3.8, 4) is 5.75 Å². The van der Waals surface area contributed by atoms with Gasteiger partial charge in [-0.05, 0) is 78.6 Å². The summed E-state index contributed by atoms with van der Waals surface area (Å²) in [6.45, 7) is 0.703. The molecule has 1 aromatic heterocycles. The highest BCUT2D eigenvalue weighted by Crippen LogP contribution is 2.48. The van der Waals surface area contributed by atoms with Gasteiger partial charge in [0.2, 0.25) is 5.91 Å². The second kappa shape index (κ2) is 10.5. The van der Waals surface area contributed by atoms with Crippen LogP contribution in [0.15, 0.2) is 66.9 Å². The summed E-state index contributed by atoms with van der Waals surface area (Å²) in [7, 11) is 1.62. The summed E-state index contributed by atoms with van der Waals surface area (Å²) in [4.78, 5) is 30.7. The number of methoxy groups -OCH3 is 1. The van der Waals surface area contributed by atoms with Crippen molar-refractivity contribution < 1.29 is 27.5 Å². The number of benzene rings is 2. The van der Waals surface area contributed by atoms with Crippen LogP contribution in [0.3, 0.4) is 0 Å². The lowest BCUT2D eigenvalue weighted by Crippen LogP contribution is -2.39. The van der Waals surface area contributed by atoms with Crippen molar-refractivity contribution in [2.75, 3.05) is 25.5 Å². The number of amides is 2. The molecule has 2 aromatic carbocycles. The number of anilines is 1. The van der Waals surface area contributed by atoms with E-state index in [1.54, 1.807) is 7.11 Å². The maximum absolute atomic E-state index is 13.3. The number of aromatic nitrogens is 1. The maximum Gasteiger partial charge on any atom is 0.418 e. The number of nitrogens with zero attached hydrogens (tertiary/aromatic N) is 2. The summed E-state index contributed by atoms with van der Waals surface area (Å²) < 4.78 is 45.1. The number of rotatable bonds is 6. The fourth-order valence-corrected chi connectivity index (χ4v) is 5.15. The number of pyridine rings is 1. The molecule has 38 heavy (non-hydrogen) atoms. The van der Waals surface area contributed by atoms with Crippen molar-refractivity contribution in [1.82, 2.24) is 9.88 Å². The standard InChI is InChI=1S/C29H28F3N3O3/c1-38-22-10-6-20(7-11-22)23-17-24(23)27(36)34-21-8-4-18(5-9-21)19-12-15-35(16-13-19)28(37)26-25(29(30,31)32)3-2-14-33-26/h2-11,14,19,23-24H,12-13,15-17H2,1H3,(H,34,36). The lowest BCUT2D eigenvalue weighted by Gasteiger charge is -2.32. The van der Waals surface area contributed by atoms with Crippen LogP contribution in [0.5, 0.6) is 5.75 Å². The summed E-state index contributed by atoms with van der Waals surface area (Å²) in [6.07, 6.45) is -1.34. The molecule has 2 fully saturated rings. The largest absolute Gasteiger partial charge is 0.497 e. The van der Waals surface area contributed by atoms with Crippen molar-refractivity contribution in [3.05, 3.63) is 89.2 Å². The lowest BCUT2D eigenvalue weighted by molar-refractivity contribution is -0.138. The zero-order valence-electron chi connectivity index (χ0n) is 20.9. The smallest absolute Gasteiger partial charge is 0.418 e. The van der Waals surface area contributed by atoms with Gasteiger partial charge in [0.25, 0.3) is 5.91 Å². The quantitative estimate of drug-likeness (QED) is 0.439. The Balaban J connectivity index is 1.14. The van der Waals surface area contributed by atoms with E-state index in [1.165, 1.54) is 17.2 Å². The van der Waals surface area contributed by atoms with Crippen LogP contribution >= 0.6 is 0 Å². The van der Waals surface area contributed by atoms with E-state index >= 15 is 0 Å². The second-order valence-electron chi connectivity index (χ2n) is 9.80. The van der Waals surface area contributed by atoms with Crippen LogP contribution < -0.4 is 10.1 Å². The molecule has 1 N–H and O–H groups in total. The number of halogens is 3. The van der Waals surface area contributed by atoms with Gasteiger partial charge in [0.05, 0.1) is 12.7 Å². The van der Waals surface area contributed by atoms with Crippen LogP contribution in [-0.2, 0) is 11.0 Å². The molecule has 6 nitrogen and oxygen atoms in total. The molecule has 2 heterocycles. The first-order chi connectivity index (χ1) is 18.2. The lowest BCUT2D eigenvalue weighted by atomic mass is 9.89. The highest BCUT2D eigenvalue weighted by molar-refractivity contribution is 5.95. The minimum absolute atomic E-state index is 0.00173. The van der Waals surface area contributed by atoms with Crippen molar-refractivity contribution in [1.29, 1.82) is 0 Å². The fraction of sp³-hybridized carbons (Fsp3) is 0.345. The molecule has 2 unspecified atom stereocenters. The van der Waals surface area contributed by atoms with Gasteiger partial charge < -0.3 is 15.0 Å². The third-order valence-corrected chi connectivity index (χ3v) is 7.42. The number of carbonyl (C=O) groups excluding carboxylic acids is 2. The SMILES string of the molecule is COc1ccc(C2CC2C(=O)Nc2ccc(C3CCN(C(=O)c4ncccc4C(F)(F)F)CC3)cc2)cc1.